The molecule has 0 aliphatic heterocycles. The summed E-state index contributed by atoms with van der Waals surface area (Å²) in [5.41, 5.74) is 2.38. The van der Waals surface area contributed by atoms with Gasteiger partial charge in [0.1, 0.15) is 18.5 Å². The molecule has 2 aromatic rings. The zero-order valence-electron chi connectivity index (χ0n) is 12.3. The molecule has 0 radical (unpaired) electrons. The van der Waals surface area contributed by atoms with Crippen molar-refractivity contribution in [1.29, 1.82) is 0 Å². The van der Waals surface area contributed by atoms with Crippen molar-refractivity contribution in [3.05, 3.63) is 59.9 Å². The zero-order chi connectivity index (χ0) is 14.9. The van der Waals surface area contributed by atoms with Crippen LogP contribution in [-0.4, -0.2) is 35.9 Å². The molecular weight excluding hydrogens is 264 g/mol. The number of benzene rings is 1. The maximum absolute atomic E-state index is 9.86. The number of aryl methyl sites for hydroxylation is 1. The lowest BCUT2D eigenvalue weighted by atomic mass is 10.2. The van der Waals surface area contributed by atoms with Crippen molar-refractivity contribution in [3.63, 3.8) is 0 Å². The molecule has 0 saturated heterocycles. The molecule has 2 rings (SSSR count). The van der Waals surface area contributed by atoms with Gasteiger partial charge in [-0.15, -0.1) is 0 Å². The second kappa shape index (κ2) is 8.39. The number of hydrogen-bond acceptors (Lipinski definition) is 4. The third-order valence-corrected chi connectivity index (χ3v) is 3.16. The first-order valence-corrected chi connectivity index (χ1v) is 7.21. The van der Waals surface area contributed by atoms with Crippen molar-refractivity contribution in [2.45, 2.75) is 19.4 Å². The Bertz CT molecular complexity index is 514. The number of nitrogens with one attached hydrogen (secondary N) is 1. The number of aromatic nitrogens is 1. The summed E-state index contributed by atoms with van der Waals surface area (Å²) >= 11 is 0. The van der Waals surface area contributed by atoms with Gasteiger partial charge in [-0.1, -0.05) is 23.8 Å². The molecule has 0 fully saturated rings. The highest BCUT2D eigenvalue weighted by atomic mass is 16.5. The van der Waals surface area contributed by atoms with Crippen LogP contribution in [-0.2, 0) is 6.42 Å². The second-order valence-corrected chi connectivity index (χ2v) is 5.09. The highest BCUT2D eigenvalue weighted by Gasteiger charge is 2.04. The van der Waals surface area contributed by atoms with E-state index in [0.29, 0.717) is 13.2 Å². The molecule has 1 heterocycles. The molecule has 4 heteroatoms. The van der Waals surface area contributed by atoms with Gasteiger partial charge in [0.05, 0.1) is 0 Å². The van der Waals surface area contributed by atoms with Crippen LogP contribution in [0.5, 0.6) is 5.75 Å². The predicted octanol–water partition coefficient (Wildman–Crippen LogP) is 1.96. The van der Waals surface area contributed by atoms with Gasteiger partial charge in [-0.2, -0.15) is 0 Å². The van der Waals surface area contributed by atoms with Crippen molar-refractivity contribution < 1.29 is 9.84 Å². The molecule has 112 valence electrons. The second-order valence-electron chi connectivity index (χ2n) is 5.09. The van der Waals surface area contributed by atoms with E-state index in [9.17, 15) is 5.11 Å². The number of aliphatic hydroxyl groups excluding tert-OH is 1. The average molecular weight is 286 g/mol. The maximum atomic E-state index is 9.86. The van der Waals surface area contributed by atoms with Gasteiger partial charge in [-0.3, -0.25) is 4.98 Å². The fourth-order valence-electron chi connectivity index (χ4n) is 1.93. The van der Waals surface area contributed by atoms with E-state index in [1.54, 1.807) is 6.20 Å². The van der Waals surface area contributed by atoms with E-state index in [1.165, 1.54) is 11.1 Å². The lowest BCUT2D eigenvalue weighted by molar-refractivity contribution is 0.106. The quantitative estimate of drug-likeness (QED) is 0.728. The topological polar surface area (TPSA) is 54.4 Å². The van der Waals surface area contributed by atoms with E-state index >= 15 is 0 Å². The van der Waals surface area contributed by atoms with Crippen LogP contribution in [0.2, 0.25) is 0 Å². The van der Waals surface area contributed by atoms with E-state index in [-0.39, 0.29) is 0 Å². The molecular formula is C17H22N2O2. The van der Waals surface area contributed by atoms with Crippen LogP contribution in [0.1, 0.15) is 11.1 Å². The Morgan fingerprint density at radius 3 is 2.76 bits per heavy atom. The fourth-order valence-corrected chi connectivity index (χ4v) is 1.93. The normalized spacial score (nSPS) is 12.1. The molecule has 1 aromatic heterocycles. The third-order valence-electron chi connectivity index (χ3n) is 3.16. The van der Waals surface area contributed by atoms with Crippen LogP contribution in [0.15, 0.2) is 48.8 Å². The summed E-state index contributed by atoms with van der Waals surface area (Å²) < 4.78 is 5.54. The minimum atomic E-state index is -0.514. The molecule has 1 atom stereocenters. The summed E-state index contributed by atoms with van der Waals surface area (Å²) in [4.78, 5) is 4.07. The monoisotopic (exact) mass is 286 g/mol. The number of aliphatic hydroxyl groups is 1. The van der Waals surface area contributed by atoms with Crippen LogP contribution in [0.3, 0.4) is 0 Å². The molecule has 0 aliphatic rings. The van der Waals surface area contributed by atoms with E-state index in [2.05, 4.69) is 10.3 Å². The third kappa shape index (κ3) is 5.94. The van der Waals surface area contributed by atoms with E-state index < -0.39 is 6.10 Å². The summed E-state index contributed by atoms with van der Waals surface area (Å²) in [7, 11) is 0. The van der Waals surface area contributed by atoms with Gasteiger partial charge in [-0.25, -0.2) is 0 Å². The van der Waals surface area contributed by atoms with E-state index in [4.69, 9.17) is 4.74 Å². The van der Waals surface area contributed by atoms with Crippen LogP contribution in [0.25, 0.3) is 0 Å². The van der Waals surface area contributed by atoms with Crippen LogP contribution in [0.4, 0.5) is 0 Å². The minimum Gasteiger partial charge on any atom is -0.491 e. The van der Waals surface area contributed by atoms with E-state index in [1.807, 2.05) is 49.5 Å². The number of hydrogen-bond donors (Lipinski definition) is 2. The molecule has 0 aliphatic carbocycles. The maximum Gasteiger partial charge on any atom is 0.119 e. The molecule has 2 N–H and O–H groups in total. The number of nitrogens with zero attached hydrogens (tertiary/aromatic N) is 1. The Morgan fingerprint density at radius 2 is 2.05 bits per heavy atom. The molecule has 0 saturated carbocycles. The fraction of sp³-hybridized carbons (Fsp3) is 0.353. The first-order chi connectivity index (χ1) is 10.2. The molecule has 4 nitrogen and oxygen atoms in total. The molecule has 1 aromatic carbocycles. The molecule has 0 bridgehead atoms. The largest absolute Gasteiger partial charge is 0.491 e. The van der Waals surface area contributed by atoms with Crippen molar-refractivity contribution in [3.8, 4) is 5.75 Å². The van der Waals surface area contributed by atoms with E-state index in [0.717, 1.165) is 18.7 Å². The van der Waals surface area contributed by atoms with Gasteiger partial charge < -0.3 is 15.2 Å². The van der Waals surface area contributed by atoms with Crippen LogP contribution in [0, 0.1) is 6.92 Å². The predicted molar refractivity (Wildman–Crippen MR) is 83.5 cm³/mol. The van der Waals surface area contributed by atoms with Crippen LogP contribution < -0.4 is 10.1 Å². The lowest BCUT2D eigenvalue weighted by Crippen LogP contribution is -2.32. The van der Waals surface area contributed by atoms with Gasteiger partial charge >= 0.3 is 0 Å². The average Bonchev–Trinajstić information content (AvgIpc) is 2.52. The number of rotatable bonds is 8. The lowest BCUT2D eigenvalue weighted by Gasteiger charge is -2.13. The first kappa shape index (κ1) is 15.5. The standard InChI is InChI=1S/C17H22N2O2/c1-14-4-6-17(7-5-14)21-13-16(20)12-19-10-8-15-3-2-9-18-11-15/h2-7,9,11,16,19-20H,8,10,12-13H2,1H3. The van der Waals surface area contributed by atoms with Gasteiger partial charge in [0.2, 0.25) is 0 Å². The van der Waals surface area contributed by atoms with Gasteiger partial charge in [-0.05, 0) is 43.7 Å². The SMILES string of the molecule is Cc1ccc(OCC(O)CNCCc2cccnc2)cc1. The number of ether oxygens (including phenoxy) is 1. The van der Waals surface area contributed by atoms with Crippen molar-refractivity contribution in [2.24, 2.45) is 0 Å². The highest BCUT2D eigenvalue weighted by Crippen LogP contribution is 2.11. The molecule has 1 unspecified atom stereocenters. The summed E-state index contributed by atoms with van der Waals surface area (Å²) in [6, 6.07) is 11.8. The zero-order valence-corrected chi connectivity index (χ0v) is 12.3. The Morgan fingerprint density at radius 1 is 1.24 bits per heavy atom. The Kier molecular flexibility index (Phi) is 6.19. The molecule has 0 amide bonds. The van der Waals surface area contributed by atoms with Crippen LogP contribution >= 0.6 is 0 Å². The molecule has 0 spiro atoms. The first-order valence-electron chi connectivity index (χ1n) is 7.21. The van der Waals surface area contributed by atoms with Gasteiger partial charge in [0.25, 0.3) is 0 Å². The summed E-state index contributed by atoms with van der Waals surface area (Å²) in [5, 5.41) is 13.1. The van der Waals surface area contributed by atoms with Crippen molar-refractivity contribution in [2.75, 3.05) is 19.7 Å². The number of pyridine rings is 1. The molecule has 21 heavy (non-hydrogen) atoms. The summed E-state index contributed by atoms with van der Waals surface area (Å²) in [5.74, 6) is 0.787. The summed E-state index contributed by atoms with van der Waals surface area (Å²) in [6.07, 6.45) is 4.02. The summed E-state index contributed by atoms with van der Waals surface area (Å²) in [6.45, 7) is 3.66. The smallest absolute Gasteiger partial charge is 0.119 e. The Hall–Kier alpha value is -1.91. The minimum absolute atomic E-state index is 0.295. The van der Waals surface area contributed by atoms with Crippen molar-refractivity contribution in [1.82, 2.24) is 10.3 Å². The Balaban J connectivity index is 1.59. The van der Waals surface area contributed by atoms with Gasteiger partial charge in [0, 0.05) is 18.9 Å². The highest BCUT2D eigenvalue weighted by molar-refractivity contribution is 5.26. The Labute approximate surface area is 125 Å². The van der Waals surface area contributed by atoms with Crippen molar-refractivity contribution >= 4 is 0 Å². The van der Waals surface area contributed by atoms with Gasteiger partial charge in [0.15, 0.2) is 0 Å².